The largest absolute Gasteiger partial charge is 0.481 e. The van der Waals surface area contributed by atoms with Gasteiger partial charge in [0.2, 0.25) is 10.0 Å². The van der Waals surface area contributed by atoms with E-state index in [2.05, 4.69) is 4.72 Å². The van der Waals surface area contributed by atoms with Gasteiger partial charge in [0.05, 0.1) is 16.4 Å². The fraction of sp³-hybridized carbons (Fsp3) is 0.350. The van der Waals surface area contributed by atoms with Crippen LogP contribution in [0.15, 0.2) is 53.4 Å². The highest BCUT2D eigenvalue weighted by molar-refractivity contribution is 7.89. The summed E-state index contributed by atoms with van der Waals surface area (Å²) in [6.07, 6.45) is -4.58. The summed E-state index contributed by atoms with van der Waals surface area (Å²) in [5.74, 6) is -2.36. The van der Waals surface area contributed by atoms with E-state index >= 15 is 0 Å². The van der Waals surface area contributed by atoms with Crippen LogP contribution in [0.1, 0.15) is 43.4 Å². The minimum absolute atomic E-state index is 0.124. The number of benzene rings is 2. The highest BCUT2D eigenvalue weighted by Gasteiger charge is 2.31. The summed E-state index contributed by atoms with van der Waals surface area (Å²) in [6, 6.07) is 9.82. The zero-order valence-corrected chi connectivity index (χ0v) is 16.9. The predicted molar refractivity (Wildman–Crippen MR) is 102 cm³/mol. The first-order valence-corrected chi connectivity index (χ1v) is 10.2. The molecule has 0 saturated carbocycles. The molecule has 0 spiro atoms. The third kappa shape index (κ3) is 5.80. The molecule has 0 aromatic heterocycles. The number of hydrogen-bond donors (Lipinski definition) is 2. The molecule has 0 fully saturated rings. The Labute approximate surface area is 167 Å². The van der Waals surface area contributed by atoms with Crippen LogP contribution in [-0.2, 0) is 26.4 Å². The van der Waals surface area contributed by atoms with Crippen LogP contribution in [0.2, 0.25) is 0 Å². The first kappa shape index (κ1) is 22.9. The SMILES string of the molecule is CC(C)(C)c1ccc(C(CNS(=O)(=O)c2ccc(C(F)(F)F)cc2)C(=O)O)cc1. The smallest absolute Gasteiger partial charge is 0.416 e. The minimum atomic E-state index is -4.58. The Balaban J connectivity index is 2.18. The molecule has 158 valence electrons. The van der Waals surface area contributed by atoms with E-state index in [1.807, 2.05) is 20.8 Å². The monoisotopic (exact) mass is 429 g/mol. The van der Waals surface area contributed by atoms with E-state index in [1.54, 1.807) is 24.3 Å². The standard InChI is InChI=1S/C20H22F3NO4S/c1-19(2,3)14-6-4-13(5-7-14)17(18(25)26)12-24-29(27,28)16-10-8-15(9-11-16)20(21,22)23/h4-11,17,24H,12H2,1-3H3,(H,25,26). The second-order valence-electron chi connectivity index (χ2n) is 7.64. The average Bonchev–Trinajstić information content (AvgIpc) is 2.60. The molecular weight excluding hydrogens is 407 g/mol. The molecule has 0 heterocycles. The lowest BCUT2D eigenvalue weighted by Gasteiger charge is -2.20. The lowest BCUT2D eigenvalue weighted by molar-refractivity contribution is -0.139. The Kier molecular flexibility index (Phi) is 6.44. The number of nitrogens with one attached hydrogen (secondary N) is 1. The topological polar surface area (TPSA) is 83.5 Å². The van der Waals surface area contributed by atoms with Crippen molar-refractivity contribution in [2.24, 2.45) is 0 Å². The molecule has 9 heteroatoms. The van der Waals surface area contributed by atoms with Gasteiger partial charge in [0, 0.05) is 6.54 Å². The highest BCUT2D eigenvalue weighted by atomic mass is 32.2. The maximum Gasteiger partial charge on any atom is 0.416 e. The molecular formula is C20H22F3NO4S. The number of sulfonamides is 1. The summed E-state index contributed by atoms with van der Waals surface area (Å²) in [6.45, 7) is 5.59. The zero-order valence-electron chi connectivity index (χ0n) is 16.1. The van der Waals surface area contributed by atoms with Crippen LogP contribution in [0.25, 0.3) is 0 Å². The van der Waals surface area contributed by atoms with Gasteiger partial charge in [-0.3, -0.25) is 4.79 Å². The third-order valence-corrected chi connectivity index (χ3v) is 5.89. The molecule has 0 aliphatic carbocycles. The first-order valence-electron chi connectivity index (χ1n) is 8.72. The van der Waals surface area contributed by atoms with Crippen LogP contribution in [0.3, 0.4) is 0 Å². The van der Waals surface area contributed by atoms with Crippen LogP contribution < -0.4 is 4.72 Å². The van der Waals surface area contributed by atoms with Crippen molar-refractivity contribution >= 4 is 16.0 Å². The fourth-order valence-corrected chi connectivity index (χ4v) is 3.71. The molecule has 0 bridgehead atoms. The number of aliphatic carboxylic acids is 1. The van der Waals surface area contributed by atoms with Gasteiger partial charge in [-0.1, -0.05) is 45.0 Å². The zero-order chi connectivity index (χ0) is 22.0. The van der Waals surface area contributed by atoms with Gasteiger partial charge < -0.3 is 5.11 Å². The van der Waals surface area contributed by atoms with Crippen LogP contribution in [0.4, 0.5) is 13.2 Å². The summed E-state index contributed by atoms with van der Waals surface area (Å²) < 4.78 is 64.7. The molecule has 2 N–H and O–H groups in total. The number of carboxylic acid groups (broad SMARTS) is 1. The third-order valence-electron chi connectivity index (χ3n) is 4.45. The van der Waals surface area contributed by atoms with E-state index in [9.17, 15) is 31.5 Å². The average molecular weight is 429 g/mol. The quantitative estimate of drug-likeness (QED) is 0.723. The molecule has 2 aromatic rings. The van der Waals surface area contributed by atoms with Crippen LogP contribution in [0.5, 0.6) is 0 Å². The lowest BCUT2D eigenvalue weighted by atomic mass is 9.85. The van der Waals surface area contributed by atoms with Gasteiger partial charge in [0.25, 0.3) is 0 Å². The molecule has 0 saturated heterocycles. The van der Waals surface area contributed by atoms with Crippen molar-refractivity contribution in [3.63, 3.8) is 0 Å². The molecule has 1 atom stereocenters. The van der Waals surface area contributed by atoms with Gasteiger partial charge >= 0.3 is 12.1 Å². The maximum atomic E-state index is 12.6. The molecule has 29 heavy (non-hydrogen) atoms. The summed E-state index contributed by atoms with van der Waals surface area (Å²) in [5.41, 5.74) is 0.316. The van der Waals surface area contributed by atoms with Gasteiger partial charge in [-0.2, -0.15) is 13.2 Å². The Bertz CT molecular complexity index is 961. The minimum Gasteiger partial charge on any atom is -0.481 e. The molecule has 0 amide bonds. The number of alkyl halides is 3. The van der Waals surface area contributed by atoms with Gasteiger partial charge in [-0.05, 0) is 40.8 Å². The summed E-state index contributed by atoms with van der Waals surface area (Å²) in [5, 5.41) is 9.49. The molecule has 0 aliphatic heterocycles. The molecule has 0 radical (unpaired) electrons. The summed E-state index contributed by atoms with van der Waals surface area (Å²) in [7, 11) is -4.17. The van der Waals surface area contributed by atoms with Crippen molar-refractivity contribution in [2.75, 3.05) is 6.54 Å². The van der Waals surface area contributed by atoms with Crippen molar-refractivity contribution in [1.29, 1.82) is 0 Å². The van der Waals surface area contributed by atoms with E-state index in [4.69, 9.17) is 0 Å². The number of hydrogen-bond acceptors (Lipinski definition) is 3. The predicted octanol–water partition coefficient (Wildman–Crippen LogP) is 4.15. The van der Waals surface area contributed by atoms with Crippen molar-refractivity contribution < 1.29 is 31.5 Å². The van der Waals surface area contributed by atoms with E-state index < -0.39 is 40.2 Å². The van der Waals surface area contributed by atoms with Gasteiger partial charge in [0.15, 0.2) is 0 Å². The van der Waals surface area contributed by atoms with Crippen molar-refractivity contribution in [3.05, 3.63) is 65.2 Å². The lowest BCUT2D eigenvalue weighted by Crippen LogP contribution is -2.31. The molecule has 0 aliphatic rings. The Morgan fingerprint density at radius 1 is 0.966 bits per heavy atom. The van der Waals surface area contributed by atoms with E-state index in [-0.39, 0.29) is 10.3 Å². The first-order chi connectivity index (χ1) is 13.2. The van der Waals surface area contributed by atoms with E-state index in [0.717, 1.165) is 17.7 Å². The van der Waals surface area contributed by atoms with E-state index in [0.29, 0.717) is 17.7 Å². The maximum absolute atomic E-state index is 12.6. The number of carbonyl (C=O) groups is 1. The van der Waals surface area contributed by atoms with Crippen LogP contribution >= 0.6 is 0 Å². The second kappa shape index (κ2) is 8.16. The normalized spacial score (nSPS) is 13.9. The summed E-state index contributed by atoms with van der Waals surface area (Å²) >= 11 is 0. The molecule has 5 nitrogen and oxygen atoms in total. The Morgan fingerprint density at radius 3 is 1.86 bits per heavy atom. The molecule has 2 rings (SSSR count). The van der Waals surface area contributed by atoms with Crippen molar-refractivity contribution in [2.45, 2.75) is 43.2 Å². The van der Waals surface area contributed by atoms with Crippen molar-refractivity contribution in [3.8, 4) is 0 Å². The Morgan fingerprint density at radius 2 is 1.45 bits per heavy atom. The highest BCUT2D eigenvalue weighted by Crippen LogP contribution is 2.30. The fourth-order valence-electron chi connectivity index (χ4n) is 2.66. The number of rotatable bonds is 6. The number of carboxylic acids is 1. The van der Waals surface area contributed by atoms with E-state index in [1.165, 1.54) is 0 Å². The summed E-state index contributed by atoms with van der Waals surface area (Å²) in [4.78, 5) is 11.3. The van der Waals surface area contributed by atoms with Gasteiger partial charge in [-0.25, -0.2) is 13.1 Å². The molecule has 1 unspecified atom stereocenters. The van der Waals surface area contributed by atoms with Gasteiger partial charge in [0.1, 0.15) is 0 Å². The Hall–Kier alpha value is -2.39. The van der Waals surface area contributed by atoms with Crippen LogP contribution in [-0.4, -0.2) is 26.0 Å². The molecule has 2 aromatic carbocycles. The second-order valence-corrected chi connectivity index (χ2v) is 9.40. The van der Waals surface area contributed by atoms with Crippen molar-refractivity contribution in [1.82, 2.24) is 4.72 Å². The van der Waals surface area contributed by atoms with Gasteiger partial charge in [-0.15, -0.1) is 0 Å². The van der Waals surface area contributed by atoms with Crippen LogP contribution in [0, 0.1) is 0 Å². The number of halogens is 3.